The predicted molar refractivity (Wildman–Crippen MR) is 99.3 cm³/mol. The van der Waals surface area contributed by atoms with Crippen molar-refractivity contribution in [3.8, 4) is 6.07 Å². The molecule has 0 aromatic heterocycles. The summed E-state index contributed by atoms with van der Waals surface area (Å²) in [5, 5.41) is 24.6. The molecule has 0 atom stereocenters. The van der Waals surface area contributed by atoms with E-state index in [0.29, 0.717) is 11.3 Å². The number of nitrogens with one attached hydrogen (secondary N) is 1. The lowest BCUT2D eigenvalue weighted by atomic mass is 10.1. The fourth-order valence-corrected chi connectivity index (χ4v) is 2.53. The first-order valence-electron chi connectivity index (χ1n) is 7.74. The van der Waals surface area contributed by atoms with Crippen LogP contribution in [-0.2, 0) is 4.79 Å². The number of fused-ring (bicyclic) bond motifs is 1. The van der Waals surface area contributed by atoms with Gasteiger partial charge in [0.25, 0.3) is 11.6 Å². The average molecular weight is 343 g/mol. The van der Waals surface area contributed by atoms with E-state index in [2.05, 4.69) is 5.32 Å². The molecule has 3 rings (SSSR count). The molecule has 0 saturated heterocycles. The van der Waals surface area contributed by atoms with Gasteiger partial charge in [-0.05, 0) is 35.2 Å². The Labute approximate surface area is 149 Å². The number of carbonyl (C=O) groups excluding carboxylic acids is 1. The first-order valence-corrected chi connectivity index (χ1v) is 7.74. The summed E-state index contributed by atoms with van der Waals surface area (Å²) >= 11 is 0. The van der Waals surface area contributed by atoms with Crippen LogP contribution in [0.1, 0.15) is 5.56 Å². The number of amides is 1. The van der Waals surface area contributed by atoms with Gasteiger partial charge in [0.05, 0.1) is 4.92 Å². The molecule has 0 aliphatic heterocycles. The minimum absolute atomic E-state index is 0.0548. The molecule has 0 aliphatic rings. The molecule has 0 fully saturated rings. The Hall–Kier alpha value is -3.98. The number of nitriles is 1. The smallest absolute Gasteiger partial charge is 0.269 e. The summed E-state index contributed by atoms with van der Waals surface area (Å²) < 4.78 is 0. The number of nitrogens with zero attached hydrogens (tertiary/aromatic N) is 2. The summed E-state index contributed by atoms with van der Waals surface area (Å²) in [4.78, 5) is 22.6. The number of benzene rings is 3. The van der Waals surface area contributed by atoms with E-state index >= 15 is 0 Å². The van der Waals surface area contributed by atoms with Crippen molar-refractivity contribution in [3.05, 3.63) is 88.0 Å². The van der Waals surface area contributed by atoms with Crippen molar-refractivity contribution in [2.24, 2.45) is 0 Å². The first-order chi connectivity index (χ1) is 12.6. The summed E-state index contributed by atoms with van der Waals surface area (Å²) in [6.45, 7) is 0. The van der Waals surface area contributed by atoms with Crippen molar-refractivity contribution < 1.29 is 9.72 Å². The maximum Gasteiger partial charge on any atom is 0.269 e. The molecule has 26 heavy (non-hydrogen) atoms. The van der Waals surface area contributed by atoms with Crippen LogP contribution in [0, 0.1) is 21.4 Å². The number of nitro benzene ring substituents is 1. The van der Waals surface area contributed by atoms with E-state index in [1.54, 1.807) is 6.07 Å². The molecule has 0 bridgehead atoms. The molecule has 3 aromatic rings. The lowest BCUT2D eigenvalue weighted by Crippen LogP contribution is -2.13. The van der Waals surface area contributed by atoms with E-state index in [4.69, 9.17) is 0 Å². The molecule has 1 N–H and O–H groups in total. The fourth-order valence-electron chi connectivity index (χ4n) is 2.53. The van der Waals surface area contributed by atoms with Crippen molar-refractivity contribution >= 4 is 34.1 Å². The second kappa shape index (κ2) is 7.28. The SMILES string of the molecule is N#C/C(=C\c1ccc([N+](=O)[O-])cc1)C(=O)Nc1cccc2ccccc12. The monoisotopic (exact) mass is 343 g/mol. The van der Waals surface area contributed by atoms with Crippen molar-refractivity contribution in [2.45, 2.75) is 0 Å². The van der Waals surface area contributed by atoms with Crippen molar-refractivity contribution in [1.29, 1.82) is 5.26 Å². The highest BCUT2D eigenvalue weighted by Gasteiger charge is 2.12. The lowest BCUT2D eigenvalue weighted by molar-refractivity contribution is -0.384. The van der Waals surface area contributed by atoms with Crippen LogP contribution in [0.15, 0.2) is 72.3 Å². The number of nitro groups is 1. The number of rotatable bonds is 4. The van der Waals surface area contributed by atoms with Crippen LogP contribution in [0.25, 0.3) is 16.8 Å². The number of anilines is 1. The summed E-state index contributed by atoms with van der Waals surface area (Å²) in [7, 11) is 0. The Morgan fingerprint density at radius 2 is 1.73 bits per heavy atom. The minimum atomic E-state index is -0.540. The van der Waals surface area contributed by atoms with Crippen molar-refractivity contribution in [2.75, 3.05) is 5.32 Å². The van der Waals surface area contributed by atoms with Crippen LogP contribution in [0.5, 0.6) is 0 Å². The third-order valence-electron chi connectivity index (χ3n) is 3.82. The zero-order valence-electron chi connectivity index (χ0n) is 13.5. The van der Waals surface area contributed by atoms with Gasteiger partial charge in [0.2, 0.25) is 0 Å². The molecule has 0 aliphatic carbocycles. The molecular weight excluding hydrogens is 330 g/mol. The van der Waals surface area contributed by atoms with Crippen molar-refractivity contribution in [1.82, 2.24) is 0 Å². The van der Waals surface area contributed by atoms with Gasteiger partial charge in [0.1, 0.15) is 11.6 Å². The standard InChI is InChI=1S/C20H13N3O3/c21-13-16(12-14-8-10-17(11-9-14)23(25)26)20(24)22-19-7-3-5-15-4-1-2-6-18(15)19/h1-12H,(H,22,24)/b16-12+. The third-order valence-corrected chi connectivity index (χ3v) is 3.82. The van der Waals surface area contributed by atoms with E-state index in [1.807, 2.05) is 42.5 Å². The lowest BCUT2D eigenvalue weighted by Gasteiger charge is -2.08. The molecule has 0 saturated carbocycles. The van der Waals surface area contributed by atoms with Gasteiger partial charge in [0.15, 0.2) is 0 Å². The average Bonchev–Trinajstić information content (AvgIpc) is 2.66. The largest absolute Gasteiger partial charge is 0.321 e. The van der Waals surface area contributed by atoms with Crippen LogP contribution < -0.4 is 5.32 Å². The van der Waals surface area contributed by atoms with Gasteiger partial charge in [0, 0.05) is 23.2 Å². The second-order valence-electron chi connectivity index (χ2n) is 5.50. The molecule has 0 unspecified atom stereocenters. The van der Waals surface area contributed by atoms with Gasteiger partial charge in [-0.3, -0.25) is 14.9 Å². The number of hydrogen-bond acceptors (Lipinski definition) is 4. The highest BCUT2D eigenvalue weighted by Crippen LogP contribution is 2.23. The topological polar surface area (TPSA) is 96.0 Å². The molecule has 1 amide bonds. The Kier molecular flexibility index (Phi) is 4.72. The van der Waals surface area contributed by atoms with E-state index in [1.165, 1.54) is 30.3 Å². The molecule has 0 radical (unpaired) electrons. The van der Waals surface area contributed by atoms with Crippen LogP contribution in [0.3, 0.4) is 0 Å². The van der Waals surface area contributed by atoms with Gasteiger partial charge < -0.3 is 5.32 Å². The molecular formula is C20H13N3O3. The normalized spacial score (nSPS) is 11.0. The zero-order chi connectivity index (χ0) is 18.5. The van der Waals surface area contributed by atoms with Gasteiger partial charge >= 0.3 is 0 Å². The van der Waals surface area contributed by atoms with Crippen LogP contribution in [0.4, 0.5) is 11.4 Å². The van der Waals surface area contributed by atoms with Gasteiger partial charge in [-0.2, -0.15) is 5.26 Å². The number of non-ortho nitro benzene ring substituents is 1. The van der Waals surface area contributed by atoms with Crippen LogP contribution in [-0.4, -0.2) is 10.8 Å². The Balaban J connectivity index is 1.87. The van der Waals surface area contributed by atoms with Crippen LogP contribution in [0.2, 0.25) is 0 Å². The maximum atomic E-state index is 12.5. The molecule has 3 aromatic carbocycles. The van der Waals surface area contributed by atoms with E-state index in [9.17, 15) is 20.2 Å². The van der Waals surface area contributed by atoms with E-state index in [-0.39, 0.29) is 11.3 Å². The summed E-state index contributed by atoms with van der Waals surface area (Å²) in [6, 6.07) is 20.6. The van der Waals surface area contributed by atoms with Gasteiger partial charge in [-0.15, -0.1) is 0 Å². The predicted octanol–water partition coefficient (Wildman–Crippen LogP) is 4.29. The summed E-state index contributed by atoms with van der Waals surface area (Å²) in [6.07, 6.45) is 1.39. The van der Waals surface area contributed by atoms with Gasteiger partial charge in [-0.25, -0.2) is 0 Å². The van der Waals surface area contributed by atoms with E-state index < -0.39 is 10.8 Å². The fraction of sp³-hybridized carbons (Fsp3) is 0. The number of carbonyl (C=O) groups is 1. The summed E-state index contributed by atoms with van der Waals surface area (Å²) in [5.41, 5.74) is 0.992. The number of hydrogen-bond donors (Lipinski definition) is 1. The molecule has 126 valence electrons. The Morgan fingerprint density at radius 3 is 2.42 bits per heavy atom. The maximum absolute atomic E-state index is 12.5. The van der Waals surface area contributed by atoms with Crippen LogP contribution >= 0.6 is 0 Å². The highest BCUT2D eigenvalue weighted by molar-refractivity contribution is 6.12. The molecule has 0 heterocycles. The van der Waals surface area contributed by atoms with Gasteiger partial charge in [-0.1, -0.05) is 36.4 Å². The first kappa shape index (κ1) is 16.9. The minimum Gasteiger partial charge on any atom is -0.321 e. The quantitative estimate of drug-likeness (QED) is 0.331. The Bertz CT molecular complexity index is 1060. The highest BCUT2D eigenvalue weighted by atomic mass is 16.6. The van der Waals surface area contributed by atoms with Crippen molar-refractivity contribution in [3.63, 3.8) is 0 Å². The summed E-state index contributed by atoms with van der Waals surface area (Å²) in [5.74, 6) is -0.540. The van der Waals surface area contributed by atoms with E-state index in [0.717, 1.165) is 10.8 Å². The third kappa shape index (κ3) is 3.57. The molecule has 6 heteroatoms. The Morgan fingerprint density at radius 1 is 1.04 bits per heavy atom. The molecule has 0 spiro atoms. The molecule has 6 nitrogen and oxygen atoms in total. The zero-order valence-corrected chi connectivity index (χ0v) is 13.5. The second-order valence-corrected chi connectivity index (χ2v) is 5.50.